The van der Waals surface area contributed by atoms with E-state index in [1.165, 1.54) is 4.90 Å². The number of nitrogens with zero attached hydrogens (tertiary/aromatic N) is 2. The Labute approximate surface area is 110 Å². The van der Waals surface area contributed by atoms with Crippen molar-refractivity contribution >= 4 is 16.8 Å². The molecule has 19 heavy (non-hydrogen) atoms. The lowest BCUT2D eigenvalue weighted by molar-refractivity contribution is 0.0577. The highest BCUT2D eigenvalue weighted by Crippen LogP contribution is 2.19. The van der Waals surface area contributed by atoms with Crippen LogP contribution in [0.5, 0.6) is 0 Å². The van der Waals surface area contributed by atoms with Crippen molar-refractivity contribution in [1.82, 2.24) is 15.1 Å². The molecule has 1 aromatic heterocycles. The van der Waals surface area contributed by atoms with Crippen molar-refractivity contribution in [1.29, 1.82) is 0 Å². The molecule has 2 atom stereocenters. The molecule has 0 aliphatic carbocycles. The van der Waals surface area contributed by atoms with Crippen molar-refractivity contribution in [2.24, 2.45) is 0 Å². The van der Waals surface area contributed by atoms with E-state index < -0.39 is 6.10 Å². The minimum absolute atomic E-state index is 0.216. The van der Waals surface area contributed by atoms with Crippen LogP contribution in [0.15, 0.2) is 24.3 Å². The molecule has 3 rings (SSSR count). The summed E-state index contributed by atoms with van der Waals surface area (Å²) in [5.41, 5.74) is 1.19. The number of fused-ring (bicyclic) bond motifs is 1. The standard InChI is InChI=1S/C13H15N3O3/c1-16(10-6-19-7-11(10)17)13(18)12-8-4-2-3-5-9(8)14-15-12/h2-5,10-11,17H,6-7H2,1H3,(H,14,15)/t10-,11-/m1/s1. The number of ether oxygens (including phenoxy) is 1. The topological polar surface area (TPSA) is 78.5 Å². The fourth-order valence-electron chi connectivity index (χ4n) is 2.35. The molecule has 0 spiro atoms. The average Bonchev–Trinajstić information content (AvgIpc) is 3.03. The van der Waals surface area contributed by atoms with E-state index in [1.807, 2.05) is 24.3 Å². The summed E-state index contributed by atoms with van der Waals surface area (Å²) in [7, 11) is 1.66. The number of carbonyl (C=O) groups excluding carboxylic acids is 1. The second kappa shape index (κ2) is 4.64. The van der Waals surface area contributed by atoms with E-state index in [4.69, 9.17) is 4.74 Å². The van der Waals surface area contributed by atoms with E-state index in [2.05, 4.69) is 10.2 Å². The molecule has 1 fully saturated rings. The highest BCUT2D eigenvalue weighted by Gasteiger charge is 2.33. The number of aliphatic hydroxyl groups is 1. The van der Waals surface area contributed by atoms with Crippen LogP contribution < -0.4 is 0 Å². The van der Waals surface area contributed by atoms with Gasteiger partial charge in [0.2, 0.25) is 0 Å². The fourth-order valence-corrected chi connectivity index (χ4v) is 2.35. The van der Waals surface area contributed by atoms with E-state index in [0.29, 0.717) is 12.3 Å². The van der Waals surface area contributed by atoms with Gasteiger partial charge < -0.3 is 14.7 Å². The summed E-state index contributed by atoms with van der Waals surface area (Å²) in [5, 5.41) is 17.5. The van der Waals surface area contributed by atoms with Gasteiger partial charge in [-0.25, -0.2) is 0 Å². The number of carbonyl (C=O) groups is 1. The first kappa shape index (κ1) is 12.1. The predicted octanol–water partition coefficient (Wildman–Crippen LogP) is 0.395. The van der Waals surface area contributed by atoms with Crippen molar-refractivity contribution in [3.63, 3.8) is 0 Å². The monoisotopic (exact) mass is 261 g/mol. The number of nitrogens with one attached hydrogen (secondary N) is 1. The van der Waals surface area contributed by atoms with Gasteiger partial charge in [-0.1, -0.05) is 18.2 Å². The lowest BCUT2D eigenvalue weighted by Crippen LogP contribution is -2.44. The van der Waals surface area contributed by atoms with Gasteiger partial charge in [0.1, 0.15) is 0 Å². The van der Waals surface area contributed by atoms with Crippen LogP contribution in [0, 0.1) is 0 Å². The summed E-state index contributed by atoms with van der Waals surface area (Å²) >= 11 is 0. The fraction of sp³-hybridized carbons (Fsp3) is 0.385. The van der Waals surface area contributed by atoms with Gasteiger partial charge in [-0.15, -0.1) is 0 Å². The molecule has 2 heterocycles. The number of rotatable bonds is 2. The Bertz CT molecular complexity index is 610. The number of amides is 1. The number of aliphatic hydroxyl groups excluding tert-OH is 1. The number of likely N-dealkylation sites (N-methyl/N-ethyl adjacent to an activating group) is 1. The van der Waals surface area contributed by atoms with Crippen LogP contribution in [0.2, 0.25) is 0 Å². The van der Waals surface area contributed by atoms with Gasteiger partial charge in [-0.05, 0) is 6.07 Å². The maximum Gasteiger partial charge on any atom is 0.275 e. The zero-order chi connectivity index (χ0) is 13.4. The highest BCUT2D eigenvalue weighted by molar-refractivity contribution is 6.04. The normalized spacial score (nSPS) is 22.8. The molecular formula is C13H15N3O3. The quantitative estimate of drug-likeness (QED) is 0.820. The van der Waals surface area contributed by atoms with E-state index in [1.54, 1.807) is 7.05 Å². The molecule has 0 unspecified atom stereocenters. The Kier molecular flexibility index (Phi) is 2.96. The molecular weight excluding hydrogens is 246 g/mol. The molecule has 2 aromatic rings. The number of aromatic nitrogens is 2. The molecule has 1 saturated heterocycles. The third-order valence-electron chi connectivity index (χ3n) is 3.51. The largest absolute Gasteiger partial charge is 0.388 e. The lowest BCUT2D eigenvalue weighted by Gasteiger charge is -2.24. The van der Waals surface area contributed by atoms with Gasteiger partial charge in [-0.2, -0.15) is 5.10 Å². The van der Waals surface area contributed by atoms with Gasteiger partial charge in [0.15, 0.2) is 5.69 Å². The van der Waals surface area contributed by atoms with Crippen LogP contribution in [0.25, 0.3) is 10.9 Å². The van der Waals surface area contributed by atoms with Gasteiger partial charge in [0.25, 0.3) is 5.91 Å². The van der Waals surface area contributed by atoms with Gasteiger partial charge in [-0.3, -0.25) is 9.89 Å². The molecule has 6 nitrogen and oxygen atoms in total. The van der Waals surface area contributed by atoms with Gasteiger partial charge in [0.05, 0.1) is 30.9 Å². The summed E-state index contributed by atoms with van der Waals surface area (Å²) in [6.07, 6.45) is -0.640. The van der Waals surface area contributed by atoms with E-state index in [0.717, 1.165) is 10.9 Å². The van der Waals surface area contributed by atoms with E-state index >= 15 is 0 Å². The summed E-state index contributed by atoms with van der Waals surface area (Å²) in [4.78, 5) is 13.9. The van der Waals surface area contributed by atoms with Crippen molar-refractivity contribution in [2.45, 2.75) is 12.1 Å². The summed E-state index contributed by atoms with van der Waals surface area (Å²) in [5.74, 6) is -0.216. The van der Waals surface area contributed by atoms with Crippen molar-refractivity contribution in [2.75, 3.05) is 20.3 Å². The maximum atomic E-state index is 12.4. The second-order valence-electron chi connectivity index (χ2n) is 4.71. The molecule has 1 aliphatic rings. The number of hydrogen-bond donors (Lipinski definition) is 2. The second-order valence-corrected chi connectivity index (χ2v) is 4.71. The van der Waals surface area contributed by atoms with Crippen LogP contribution in [0.3, 0.4) is 0 Å². The minimum atomic E-state index is -0.640. The van der Waals surface area contributed by atoms with Crippen molar-refractivity contribution in [3.8, 4) is 0 Å². The Morgan fingerprint density at radius 3 is 3.00 bits per heavy atom. The van der Waals surface area contributed by atoms with Crippen LogP contribution in [0.1, 0.15) is 10.5 Å². The summed E-state index contributed by atoms with van der Waals surface area (Å²) < 4.78 is 5.17. The van der Waals surface area contributed by atoms with Crippen LogP contribution in [0.4, 0.5) is 0 Å². The first-order chi connectivity index (χ1) is 9.18. The predicted molar refractivity (Wildman–Crippen MR) is 68.8 cm³/mol. The highest BCUT2D eigenvalue weighted by atomic mass is 16.5. The Hall–Kier alpha value is -1.92. The Morgan fingerprint density at radius 2 is 2.26 bits per heavy atom. The smallest absolute Gasteiger partial charge is 0.275 e. The maximum absolute atomic E-state index is 12.4. The molecule has 6 heteroatoms. The SMILES string of the molecule is CN(C(=O)c1n[nH]c2ccccc12)[C@@H]1COC[C@H]1O. The molecule has 100 valence electrons. The number of para-hydroxylation sites is 1. The summed E-state index contributed by atoms with van der Waals surface area (Å²) in [6, 6.07) is 7.14. The van der Waals surface area contributed by atoms with Crippen molar-refractivity contribution < 1.29 is 14.6 Å². The molecule has 0 radical (unpaired) electrons. The zero-order valence-electron chi connectivity index (χ0n) is 10.5. The average molecular weight is 261 g/mol. The third kappa shape index (κ3) is 1.98. The Balaban J connectivity index is 1.91. The zero-order valence-corrected chi connectivity index (χ0v) is 10.5. The third-order valence-corrected chi connectivity index (χ3v) is 3.51. The van der Waals surface area contributed by atoms with Gasteiger partial charge >= 0.3 is 0 Å². The molecule has 2 N–H and O–H groups in total. The number of aromatic amines is 1. The van der Waals surface area contributed by atoms with E-state index in [9.17, 15) is 9.90 Å². The first-order valence-corrected chi connectivity index (χ1v) is 6.14. The number of hydrogen-bond acceptors (Lipinski definition) is 4. The van der Waals surface area contributed by atoms with Crippen LogP contribution in [-0.4, -0.2) is 58.5 Å². The molecule has 0 bridgehead atoms. The Morgan fingerprint density at radius 1 is 1.47 bits per heavy atom. The van der Waals surface area contributed by atoms with Crippen LogP contribution in [-0.2, 0) is 4.74 Å². The molecule has 1 amide bonds. The van der Waals surface area contributed by atoms with Crippen LogP contribution >= 0.6 is 0 Å². The van der Waals surface area contributed by atoms with Crippen molar-refractivity contribution in [3.05, 3.63) is 30.0 Å². The minimum Gasteiger partial charge on any atom is -0.388 e. The molecule has 1 aromatic carbocycles. The van der Waals surface area contributed by atoms with Gasteiger partial charge in [0, 0.05) is 12.4 Å². The summed E-state index contributed by atoms with van der Waals surface area (Å²) in [6.45, 7) is 0.620. The number of H-pyrrole nitrogens is 1. The number of benzene rings is 1. The molecule has 0 saturated carbocycles. The molecule has 1 aliphatic heterocycles. The lowest BCUT2D eigenvalue weighted by atomic mass is 10.1. The van der Waals surface area contributed by atoms with E-state index in [-0.39, 0.29) is 18.6 Å². The first-order valence-electron chi connectivity index (χ1n) is 6.14.